The Morgan fingerprint density at radius 2 is 1.77 bits per heavy atom. The number of benzene rings is 2. The zero-order valence-corrected chi connectivity index (χ0v) is 14.3. The summed E-state index contributed by atoms with van der Waals surface area (Å²) in [4.78, 5) is 16.4. The maximum atomic E-state index is 12.4. The van der Waals surface area contributed by atoms with Gasteiger partial charge in [0.1, 0.15) is 17.3 Å². The van der Waals surface area contributed by atoms with E-state index in [0.29, 0.717) is 11.5 Å². The van der Waals surface area contributed by atoms with E-state index in [1.54, 1.807) is 6.20 Å². The molecule has 0 unspecified atom stereocenters. The molecule has 0 bridgehead atoms. The van der Waals surface area contributed by atoms with Crippen LogP contribution in [0.3, 0.4) is 0 Å². The number of nitrogens with zero attached hydrogens (tertiary/aromatic N) is 1. The third-order valence-electron chi connectivity index (χ3n) is 4.11. The van der Waals surface area contributed by atoms with Crippen molar-refractivity contribution in [1.29, 1.82) is 0 Å². The van der Waals surface area contributed by atoms with Crippen LogP contribution in [0.4, 0.5) is 10.8 Å². The third-order valence-corrected chi connectivity index (χ3v) is 4.11. The van der Waals surface area contributed by atoms with Crippen molar-refractivity contribution in [2.24, 2.45) is 0 Å². The number of anilines is 1. The molecule has 1 amide bonds. The lowest BCUT2D eigenvalue weighted by Crippen LogP contribution is -2.21. The topological polar surface area (TPSA) is 73.6 Å². The van der Waals surface area contributed by atoms with Crippen LogP contribution in [0.25, 0.3) is 0 Å². The summed E-state index contributed by atoms with van der Waals surface area (Å²) < 4.78 is 17.1. The maximum Gasteiger partial charge on any atom is 0.416 e. The van der Waals surface area contributed by atoms with Gasteiger partial charge in [0, 0.05) is 17.5 Å². The first kappa shape index (κ1) is 16.2. The van der Waals surface area contributed by atoms with Crippen LogP contribution in [0.1, 0.15) is 36.3 Å². The molecule has 4 rings (SSSR count). The summed E-state index contributed by atoms with van der Waals surface area (Å²) >= 11 is 0. The first-order chi connectivity index (χ1) is 12.7. The zero-order valence-electron chi connectivity index (χ0n) is 14.3. The Bertz CT molecular complexity index is 889. The third kappa shape index (κ3) is 3.13. The first-order valence-electron chi connectivity index (χ1n) is 8.52. The number of oxazole rings is 1. The van der Waals surface area contributed by atoms with Crippen LogP contribution in [0.15, 0.2) is 59.1 Å². The highest BCUT2D eigenvalue weighted by molar-refractivity contribution is 5.82. The van der Waals surface area contributed by atoms with Crippen molar-refractivity contribution < 1.29 is 18.7 Å². The van der Waals surface area contributed by atoms with Gasteiger partial charge in [-0.2, -0.15) is 0 Å². The molecule has 1 aliphatic rings. The predicted octanol–water partition coefficient (Wildman–Crippen LogP) is 5.07. The van der Waals surface area contributed by atoms with Gasteiger partial charge < -0.3 is 13.9 Å². The van der Waals surface area contributed by atoms with Crippen molar-refractivity contribution in [3.05, 3.63) is 71.6 Å². The molecule has 0 atom stereocenters. The number of rotatable bonds is 4. The fourth-order valence-electron chi connectivity index (χ4n) is 2.94. The minimum absolute atomic E-state index is 0.132. The molecule has 26 heavy (non-hydrogen) atoms. The van der Waals surface area contributed by atoms with Crippen LogP contribution in [-0.4, -0.2) is 11.1 Å². The van der Waals surface area contributed by atoms with E-state index in [0.717, 1.165) is 29.7 Å². The number of aromatic nitrogens is 1. The Morgan fingerprint density at radius 1 is 1.12 bits per heavy atom. The molecule has 3 aromatic rings. The number of aryl methyl sites for hydroxylation is 1. The molecular formula is C20H18N2O4. The summed E-state index contributed by atoms with van der Waals surface area (Å²) in [5.74, 6) is 2.07. The van der Waals surface area contributed by atoms with E-state index in [1.807, 2.05) is 55.5 Å². The lowest BCUT2D eigenvalue weighted by Gasteiger charge is -2.27. The highest BCUT2D eigenvalue weighted by Gasteiger charge is 2.30. The fourth-order valence-corrected chi connectivity index (χ4v) is 2.94. The first-order valence-corrected chi connectivity index (χ1v) is 8.52. The molecule has 2 aromatic carbocycles. The molecule has 0 spiro atoms. The summed E-state index contributed by atoms with van der Waals surface area (Å²) in [6.07, 6.45) is 2.12. The second kappa shape index (κ2) is 6.92. The molecule has 1 aromatic heterocycles. The Labute approximate surface area is 150 Å². The summed E-state index contributed by atoms with van der Waals surface area (Å²) in [7, 11) is 0. The van der Waals surface area contributed by atoms with Gasteiger partial charge in [-0.3, -0.25) is 0 Å². The smallest absolute Gasteiger partial charge is 0.416 e. The van der Waals surface area contributed by atoms with Gasteiger partial charge in [0.25, 0.3) is 0 Å². The lowest BCUT2D eigenvalue weighted by atomic mass is 9.97. The molecule has 0 radical (unpaired) electrons. The molecule has 6 nitrogen and oxygen atoms in total. The number of hydrogen-bond acceptors (Lipinski definition) is 5. The van der Waals surface area contributed by atoms with Crippen molar-refractivity contribution in [1.82, 2.24) is 4.98 Å². The van der Waals surface area contributed by atoms with Gasteiger partial charge in [-0.25, -0.2) is 15.1 Å². The summed E-state index contributed by atoms with van der Waals surface area (Å²) in [6, 6.07) is 15.1. The number of amides is 1. The van der Waals surface area contributed by atoms with Gasteiger partial charge in [0.15, 0.2) is 6.10 Å². The van der Waals surface area contributed by atoms with Crippen LogP contribution in [0, 0.1) is 0 Å². The van der Waals surface area contributed by atoms with E-state index >= 15 is 0 Å². The van der Waals surface area contributed by atoms with Gasteiger partial charge >= 0.3 is 12.1 Å². The van der Waals surface area contributed by atoms with Crippen LogP contribution in [0.5, 0.6) is 11.5 Å². The summed E-state index contributed by atoms with van der Waals surface area (Å²) in [5.41, 5.74) is 1.58. The van der Waals surface area contributed by atoms with Gasteiger partial charge in [-0.05, 0) is 18.6 Å². The highest BCUT2D eigenvalue weighted by Crippen LogP contribution is 2.44. The van der Waals surface area contributed by atoms with Crippen molar-refractivity contribution in [3.63, 3.8) is 0 Å². The molecule has 1 aliphatic heterocycles. The number of para-hydroxylation sites is 2. The van der Waals surface area contributed by atoms with Crippen LogP contribution >= 0.6 is 0 Å². The van der Waals surface area contributed by atoms with E-state index in [9.17, 15) is 4.79 Å². The van der Waals surface area contributed by atoms with E-state index in [2.05, 4.69) is 10.3 Å². The molecule has 0 fully saturated rings. The molecule has 1 N–H and O–H groups in total. The van der Waals surface area contributed by atoms with Gasteiger partial charge in [-0.1, -0.05) is 43.3 Å². The van der Waals surface area contributed by atoms with Gasteiger partial charge in [-0.15, -0.1) is 0 Å². The second-order valence-electron chi connectivity index (χ2n) is 5.97. The van der Waals surface area contributed by atoms with E-state index in [1.165, 1.54) is 0 Å². The Hall–Kier alpha value is -3.28. The number of ether oxygens (including phenoxy) is 2. The number of hydrogen-bond donors (Lipinski definition) is 1. The van der Waals surface area contributed by atoms with Crippen molar-refractivity contribution in [2.75, 3.05) is 5.32 Å². The zero-order chi connectivity index (χ0) is 17.9. The number of nitrogens with one attached hydrogen (secondary N) is 1. The maximum absolute atomic E-state index is 12.4. The molecule has 0 saturated heterocycles. The van der Waals surface area contributed by atoms with Crippen LogP contribution in [-0.2, 0) is 11.2 Å². The Balaban J connectivity index is 1.56. The van der Waals surface area contributed by atoms with Crippen molar-refractivity contribution in [2.45, 2.75) is 25.9 Å². The molecule has 0 aliphatic carbocycles. The van der Waals surface area contributed by atoms with E-state index in [4.69, 9.17) is 13.9 Å². The molecule has 6 heteroatoms. The number of carbonyl (C=O) groups excluding carboxylic acids is 1. The van der Waals surface area contributed by atoms with Crippen LogP contribution in [0.2, 0.25) is 0 Å². The Kier molecular flexibility index (Phi) is 4.31. The molecule has 132 valence electrons. The fraction of sp³-hybridized carbons (Fsp3) is 0.200. The molecule has 2 heterocycles. The largest absolute Gasteiger partial charge is 0.456 e. The summed E-state index contributed by atoms with van der Waals surface area (Å²) in [5, 5.41) is 2.55. The Morgan fingerprint density at radius 3 is 2.42 bits per heavy atom. The van der Waals surface area contributed by atoms with Crippen LogP contribution < -0.4 is 10.1 Å². The summed E-state index contributed by atoms with van der Waals surface area (Å²) in [6.45, 7) is 2.05. The predicted molar refractivity (Wildman–Crippen MR) is 95.4 cm³/mol. The minimum atomic E-state index is -0.633. The second-order valence-corrected chi connectivity index (χ2v) is 5.97. The average Bonchev–Trinajstić information content (AvgIpc) is 3.08. The monoisotopic (exact) mass is 350 g/mol. The highest BCUT2D eigenvalue weighted by atomic mass is 16.6. The molecular weight excluding hydrogens is 332 g/mol. The molecule has 0 saturated carbocycles. The standard InChI is InChI=1S/C20H18N2O4/c1-2-7-13-12-21-19(24-13)22-20(23)26-18-14-8-3-5-10-16(14)25-17-11-6-4-9-15(17)18/h3-6,8-12,18H,2,7H2,1H3,(H,21,22,23). The van der Waals surface area contributed by atoms with Gasteiger partial charge in [0.05, 0.1) is 6.20 Å². The number of carbonyl (C=O) groups is 1. The average molecular weight is 350 g/mol. The van der Waals surface area contributed by atoms with E-state index in [-0.39, 0.29) is 6.01 Å². The SMILES string of the molecule is CCCc1cnc(NC(=O)OC2c3ccccc3Oc3ccccc32)o1. The quantitative estimate of drug-likeness (QED) is 0.711. The van der Waals surface area contributed by atoms with Gasteiger partial charge in [0.2, 0.25) is 0 Å². The lowest BCUT2D eigenvalue weighted by molar-refractivity contribution is 0.124. The normalized spacial score (nSPS) is 12.7. The minimum Gasteiger partial charge on any atom is -0.456 e. The number of fused-ring (bicyclic) bond motifs is 2. The van der Waals surface area contributed by atoms with Crippen molar-refractivity contribution >= 4 is 12.1 Å². The van der Waals surface area contributed by atoms with Crippen molar-refractivity contribution in [3.8, 4) is 11.5 Å². The van der Waals surface area contributed by atoms with E-state index < -0.39 is 12.2 Å².